The van der Waals surface area contributed by atoms with Gasteiger partial charge in [-0.3, -0.25) is 4.79 Å². The number of anilines is 1. The molecule has 0 radical (unpaired) electrons. The fourth-order valence-electron chi connectivity index (χ4n) is 1.95. The van der Waals surface area contributed by atoms with Crippen LogP contribution in [0.5, 0.6) is 0 Å². The largest absolute Gasteiger partial charge is 0.462 e. The summed E-state index contributed by atoms with van der Waals surface area (Å²) in [7, 11) is 0. The molecule has 1 amide bonds. The summed E-state index contributed by atoms with van der Waals surface area (Å²) in [6.07, 6.45) is 3.16. The number of nitrogens with one attached hydrogen (secondary N) is 1. The van der Waals surface area contributed by atoms with Crippen LogP contribution in [0.4, 0.5) is 5.82 Å². The van der Waals surface area contributed by atoms with Gasteiger partial charge in [0.15, 0.2) is 5.82 Å². The fraction of sp³-hybridized carbons (Fsp3) is 0.167. The van der Waals surface area contributed by atoms with E-state index in [9.17, 15) is 9.59 Å². The highest BCUT2D eigenvalue weighted by atomic mass is 16.5. The highest BCUT2D eigenvalue weighted by Crippen LogP contribution is 2.17. The molecule has 0 atom stereocenters. The standard InChI is InChI=1S/C18H17N3O3/c1-4-6-7-15-12-21(20-17(15)19-13(3)22)16-10-8-14(9-11-16)18(23)24-5-2/h4,8-12H,1,5H2,2-3H3,(H,19,20,22). The molecular formula is C18H17N3O3. The van der Waals surface area contributed by atoms with Crippen LogP contribution in [0.2, 0.25) is 0 Å². The quantitative estimate of drug-likeness (QED) is 0.693. The smallest absolute Gasteiger partial charge is 0.338 e. The van der Waals surface area contributed by atoms with Crippen LogP contribution in [0.3, 0.4) is 0 Å². The number of hydrogen-bond donors (Lipinski definition) is 1. The van der Waals surface area contributed by atoms with Crippen molar-refractivity contribution in [1.29, 1.82) is 0 Å². The Morgan fingerprint density at radius 2 is 2.08 bits per heavy atom. The third-order valence-electron chi connectivity index (χ3n) is 2.96. The molecule has 0 spiro atoms. The third-order valence-corrected chi connectivity index (χ3v) is 2.96. The topological polar surface area (TPSA) is 73.2 Å². The van der Waals surface area contributed by atoms with Crippen molar-refractivity contribution in [1.82, 2.24) is 9.78 Å². The minimum absolute atomic E-state index is 0.237. The molecule has 0 bridgehead atoms. The molecular weight excluding hydrogens is 306 g/mol. The van der Waals surface area contributed by atoms with Gasteiger partial charge in [-0.25, -0.2) is 9.48 Å². The van der Waals surface area contributed by atoms with Crippen molar-refractivity contribution in [2.24, 2.45) is 0 Å². The summed E-state index contributed by atoms with van der Waals surface area (Å²) in [5.41, 5.74) is 1.75. The maximum atomic E-state index is 11.7. The molecule has 2 rings (SSSR count). The number of esters is 1. The SMILES string of the molecule is C=CC#Cc1cn(-c2ccc(C(=O)OCC)cc2)nc1NC(C)=O. The Bertz CT molecular complexity index is 823. The average Bonchev–Trinajstić information content (AvgIpc) is 2.95. The number of benzene rings is 1. The molecule has 0 aliphatic rings. The monoisotopic (exact) mass is 323 g/mol. The number of aromatic nitrogens is 2. The molecule has 1 N–H and O–H groups in total. The van der Waals surface area contributed by atoms with E-state index < -0.39 is 0 Å². The van der Waals surface area contributed by atoms with Crippen molar-refractivity contribution in [3.63, 3.8) is 0 Å². The van der Waals surface area contributed by atoms with Crippen molar-refractivity contribution in [2.45, 2.75) is 13.8 Å². The molecule has 1 heterocycles. The van der Waals surface area contributed by atoms with E-state index in [2.05, 4.69) is 28.8 Å². The number of amides is 1. The number of nitrogens with zero attached hydrogens (tertiary/aromatic N) is 2. The summed E-state index contributed by atoms with van der Waals surface area (Å²) in [5, 5.41) is 6.95. The second-order valence-corrected chi connectivity index (χ2v) is 4.76. The van der Waals surface area contributed by atoms with Gasteiger partial charge in [-0.15, -0.1) is 5.10 Å². The number of allylic oxidation sites excluding steroid dienone is 1. The van der Waals surface area contributed by atoms with Crippen LogP contribution < -0.4 is 5.32 Å². The predicted molar refractivity (Wildman–Crippen MR) is 90.9 cm³/mol. The van der Waals surface area contributed by atoms with Gasteiger partial charge in [0.05, 0.1) is 23.4 Å². The fourth-order valence-corrected chi connectivity index (χ4v) is 1.95. The molecule has 122 valence electrons. The van der Waals surface area contributed by atoms with Crippen LogP contribution in [0.25, 0.3) is 5.69 Å². The zero-order valence-corrected chi connectivity index (χ0v) is 13.5. The van der Waals surface area contributed by atoms with Crippen molar-refractivity contribution in [3.8, 4) is 17.5 Å². The van der Waals surface area contributed by atoms with E-state index >= 15 is 0 Å². The summed E-state index contributed by atoms with van der Waals surface area (Å²) >= 11 is 0. The Morgan fingerprint density at radius 3 is 2.67 bits per heavy atom. The van der Waals surface area contributed by atoms with Crippen LogP contribution in [-0.4, -0.2) is 28.3 Å². The molecule has 0 aliphatic carbocycles. The highest BCUT2D eigenvalue weighted by Gasteiger charge is 2.11. The molecule has 1 aromatic carbocycles. The zero-order chi connectivity index (χ0) is 17.5. The Kier molecular flexibility index (Phi) is 5.53. The van der Waals surface area contributed by atoms with E-state index in [1.807, 2.05) is 0 Å². The Hall–Kier alpha value is -3.33. The van der Waals surface area contributed by atoms with Gasteiger partial charge in [-0.2, -0.15) is 0 Å². The summed E-state index contributed by atoms with van der Waals surface area (Å²) in [4.78, 5) is 23.0. The molecule has 6 nitrogen and oxygen atoms in total. The minimum Gasteiger partial charge on any atom is -0.462 e. The zero-order valence-electron chi connectivity index (χ0n) is 13.5. The average molecular weight is 323 g/mol. The second kappa shape index (κ2) is 7.79. The lowest BCUT2D eigenvalue weighted by molar-refractivity contribution is -0.114. The lowest BCUT2D eigenvalue weighted by Gasteiger charge is -2.04. The first-order valence-electron chi connectivity index (χ1n) is 7.32. The summed E-state index contributed by atoms with van der Waals surface area (Å²) in [5.74, 6) is 5.35. The van der Waals surface area contributed by atoms with Gasteiger partial charge < -0.3 is 10.1 Å². The predicted octanol–water partition coefficient (Wildman–Crippen LogP) is 2.54. The lowest BCUT2D eigenvalue weighted by Crippen LogP contribution is -2.08. The van der Waals surface area contributed by atoms with Gasteiger partial charge in [0.1, 0.15) is 0 Å². The molecule has 24 heavy (non-hydrogen) atoms. The van der Waals surface area contributed by atoms with Crippen molar-refractivity contribution < 1.29 is 14.3 Å². The van der Waals surface area contributed by atoms with Crippen LogP contribution >= 0.6 is 0 Å². The molecule has 0 saturated heterocycles. The number of rotatable bonds is 4. The van der Waals surface area contributed by atoms with Crippen molar-refractivity contribution >= 4 is 17.7 Å². The lowest BCUT2D eigenvalue weighted by atomic mass is 10.2. The summed E-state index contributed by atoms with van der Waals surface area (Å²) in [6, 6.07) is 6.79. The summed E-state index contributed by atoms with van der Waals surface area (Å²) < 4.78 is 6.52. The van der Waals surface area contributed by atoms with E-state index in [-0.39, 0.29) is 11.9 Å². The Labute approximate surface area is 140 Å². The van der Waals surface area contributed by atoms with E-state index in [4.69, 9.17) is 4.74 Å². The molecule has 0 fully saturated rings. The van der Waals surface area contributed by atoms with Gasteiger partial charge in [-0.1, -0.05) is 18.4 Å². The van der Waals surface area contributed by atoms with Crippen LogP contribution in [-0.2, 0) is 9.53 Å². The van der Waals surface area contributed by atoms with E-state index in [1.54, 1.807) is 42.1 Å². The number of hydrogen-bond acceptors (Lipinski definition) is 4. The van der Waals surface area contributed by atoms with Crippen LogP contribution in [0.15, 0.2) is 43.1 Å². The molecule has 0 saturated carbocycles. The molecule has 1 aromatic heterocycles. The van der Waals surface area contributed by atoms with E-state index in [0.717, 1.165) is 5.69 Å². The van der Waals surface area contributed by atoms with Gasteiger partial charge in [0.2, 0.25) is 5.91 Å². The number of carbonyl (C=O) groups excluding carboxylic acids is 2. The first-order chi connectivity index (χ1) is 11.5. The normalized spacial score (nSPS) is 9.58. The molecule has 0 unspecified atom stereocenters. The van der Waals surface area contributed by atoms with Gasteiger partial charge in [-0.05, 0) is 37.3 Å². The first-order valence-corrected chi connectivity index (χ1v) is 7.32. The summed E-state index contributed by atoms with van der Waals surface area (Å²) in [6.45, 7) is 7.02. The van der Waals surface area contributed by atoms with Crippen LogP contribution in [0.1, 0.15) is 29.8 Å². The highest BCUT2D eigenvalue weighted by molar-refractivity contribution is 5.90. The van der Waals surface area contributed by atoms with Gasteiger partial charge in [0, 0.05) is 13.1 Å². The van der Waals surface area contributed by atoms with Crippen molar-refractivity contribution in [3.05, 3.63) is 54.2 Å². The Balaban J connectivity index is 2.34. The number of carbonyl (C=O) groups is 2. The second-order valence-electron chi connectivity index (χ2n) is 4.76. The van der Waals surface area contributed by atoms with Gasteiger partial charge in [0.25, 0.3) is 0 Å². The van der Waals surface area contributed by atoms with E-state index in [0.29, 0.717) is 23.6 Å². The van der Waals surface area contributed by atoms with E-state index in [1.165, 1.54) is 13.0 Å². The minimum atomic E-state index is -0.374. The van der Waals surface area contributed by atoms with Crippen LogP contribution in [0, 0.1) is 11.8 Å². The van der Waals surface area contributed by atoms with Gasteiger partial charge >= 0.3 is 5.97 Å². The third kappa shape index (κ3) is 4.11. The maximum Gasteiger partial charge on any atom is 0.338 e. The Morgan fingerprint density at radius 1 is 1.38 bits per heavy atom. The first kappa shape index (κ1) is 17.0. The molecule has 0 aliphatic heterocycles. The molecule has 6 heteroatoms. The van der Waals surface area contributed by atoms with Crippen molar-refractivity contribution in [2.75, 3.05) is 11.9 Å². The molecule has 2 aromatic rings. The maximum absolute atomic E-state index is 11.7. The number of ether oxygens (including phenoxy) is 1.